The van der Waals surface area contributed by atoms with E-state index in [1.807, 2.05) is 30.3 Å². The topological polar surface area (TPSA) is 69.9 Å². The Balaban J connectivity index is 2.56. The summed E-state index contributed by atoms with van der Waals surface area (Å²) in [6, 6.07) is 14.4. The van der Waals surface area contributed by atoms with Crippen LogP contribution >= 0.6 is 0 Å². The highest BCUT2D eigenvalue weighted by atomic mass is 16.5. The molecule has 132 valence electrons. The lowest BCUT2D eigenvalue weighted by molar-refractivity contribution is 0.0590. The second-order valence-electron chi connectivity index (χ2n) is 5.58. The van der Waals surface area contributed by atoms with Gasteiger partial charge in [-0.2, -0.15) is 0 Å². The Morgan fingerprint density at radius 2 is 1.88 bits per heavy atom. The fraction of sp³-hybridized carbons (Fsp3) is 0.150. The van der Waals surface area contributed by atoms with Gasteiger partial charge in [0.05, 0.1) is 31.8 Å². The van der Waals surface area contributed by atoms with Gasteiger partial charge in [-0.25, -0.2) is 4.79 Å². The lowest BCUT2D eigenvalue weighted by Gasteiger charge is -2.19. The van der Waals surface area contributed by atoms with Gasteiger partial charge in [0, 0.05) is 17.1 Å². The monoisotopic (exact) mass is 350 g/mol. The van der Waals surface area contributed by atoms with Crippen molar-refractivity contribution in [3.05, 3.63) is 70.0 Å². The molecule has 0 radical (unpaired) electrons. The third kappa shape index (κ3) is 2.86. The average molecular weight is 350 g/mol. The van der Waals surface area contributed by atoms with Gasteiger partial charge in [-0.05, 0) is 31.0 Å². The molecule has 26 heavy (non-hydrogen) atoms. The quantitative estimate of drug-likeness (QED) is 0.524. The molecule has 3 aromatic rings. The number of pyridine rings is 1. The Bertz CT molecular complexity index is 1040. The molecule has 1 heterocycles. The standard InChI is InChI=1S/C20H18N2O4/c1-21-12-16-18(20(24)26-3)22(13-7-5-4-6-8-13)17-11-14(25-2)9-10-15(17)19(16)23/h4-11H,1,12H2,2-3H3. The predicted molar refractivity (Wildman–Crippen MR) is 101 cm³/mol. The summed E-state index contributed by atoms with van der Waals surface area (Å²) in [5.41, 5.74) is 1.37. The highest BCUT2D eigenvalue weighted by Gasteiger charge is 2.24. The second-order valence-corrected chi connectivity index (χ2v) is 5.58. The number of hydrogen-bond acceptors (Lipinski definition) is 5. The zero-order chi connectivity index (χ0) is 18.7. The van der Waals surface area contributed by atoms with Crippen LogP contribution in [0.3, 0.4) is 0 Å². The minimum Gasteiger partial charge on any atom is -0.497 e. The molecule has 0 aliphatic carbocycles. The summed E-state index contributed by atoms with van der Waals surface area (Å²) in [6.07, 6.45) is 0. The van der Waals surface area contributed by atoms with E-state index in [1.54, 1.807) is 29.9 Å². The number of aliphatic imine (C=N–C) groups is 1. The summed E-state index contributed by atoms with van der Waals surface area (Å²) in [5, 5.41) is 0.459. The Labute approximate surface area is 150 Å². The molecule has 6 nitrogen and oxygen atoms in total. The number of para-hydroxylation sites is 1. The van der Waals surface area contributed by atoms with E-state index in [2.05, 4.69) is 11.7 Å². The zero-order valence-corrected chi connectivity index (χ0v) is 14.6. The average Bonchev–Trinajstić information content (AvgIpc) is 2.69. The smallest absolute Gasteiger partial charge is 0.355 e. The first kappa shape index (κ1) is 17.4. The van der Waals surface area contributed by atoms with E-state index in [-0.39, 0.29) is 23.2 Å². The van der Waals surface area contributed by atoms with Gasteiger partial charge in [-0.3, -0.25) is 9.79 Å². The van der Waals surface area contributed by atoms with Crippen LogP contribution in [0.2, 0.25) is 0 Å². The van der Waals surface area contributed by atoms with Crippen molar-refractivity contribution in [2.24, 2.45) is 4.99 Å². The Kier molecular flexibility index (Phi) is 4.84. The van der Waals surface area contributed by atoms with Crippen LogP contribution in [0, 0.1) is 0 Å². The lowest BCUT2D eigenvalue weighted by Crippen LogP contribution is -2.24. The largest absolute Gasteiger partial charge is 0.497 e. The molecule has 0 spiro atoms. The number of esters is 1. The molecule has 0 saturated carbocycles. The van der Waals surface area contributed by atoms with Crippen molar-refractivity contribution in [1.82, 2.24) is 4.57 Å². The van der Waals surface area contributed by atoms with E-state index >= 15 is 0 Å². The van der Waals surface area contributed by atoms with Crippen LogP contribution in [0.15, 0.2) is 58.3 Å². The molecule has 3 rings (SSSR count). The number of aromatic nitrogens is 1. The third-order valence-corrected chi connectivity index (χ3v) is 4.14. The highest BCUT2D eigenvalue weighted by molar-refractivity contribution is 5.95. The first-order chi connectivity index (χ1) is 12.6. The van der Waals surface area contributed by atoms with Crippen molar-refractivity contribution >= 4 is 23.6 Å². The van der Waals surface area contributed by atoms with Crippen LogP contribution in [0.25, 0.3) is 16.6 Å². The predicted octanol–water partition coefficient (Wildman–Crippen LogP) is 2.99. The molecule has 2 aromatic carbocycles. The number of fused-ring (bicyclic) bond motifs is 1. The fourth-order valence-electron chi connectivity index (χ4n) is 2.96. The minimum atomic E-state index is -0.616. The van der Waals surface area contributed by atoms with Gasteiger partial charge in [-0.15, -0.1) is 0 Å². The molecule has 0 fully saturated rings. The fourth-order valence-corrected chi connectivity index (χ4v) is 2.96. The van der Waals surface area contributed by atoms with Crippen LogP contribution in [0.1, 0.15) is 16.1 Å². The number of carbonyl (C=O) groups excluding carboxylic acids is 1. The van der Waals surface area contributed by atoms with Gasteiger partial charge in [0.2, 0.25) is 0 Å². The number of hydrogen-bond donors (Lipinski definition) is 0. The van der Waals surface area contributed by atoms with E-state index in [0.717, 1.165) is 5.69 Å². The van der Waals surface area contributed by atoms with E-state index in [0.29, 0.717) is 16.7 Å². The van der Waals surface area contributed by atoms with Crippen molar-refractivity contribution in [2.75, 3.05) is 14.2 Å². The summed E-state index contributed by atoms with van der Waals surface area (Å²) in [6.45, 7) is 3.47. The highest BCUT2D eigenvalue weighted by Crippen LogP contribution is 2.26. The van der Waals surface area contributed by atoms with E-state index in [4.69, 9.17) is 9.47 Å². The van der Waals surface area contributed by atoms with Gasteiger partial charge in [0.25, 0.3) is 0 Å². The first-order valence-corrected chi connectivity index (χ1v) is 7.94. The van der Waals surface area contributed by atoms with Gasteiger partial charge < -0.3 is 14.0 Å². The van der Waals surface area contributed by atoms with Crippen LogP contribution in [0.4, 0.5) is 0 Å². The van der Waals surface area contributed by atoms with Crippen LogP contribution < -0.4 is 10.2 Å². The SMILES string of the molecule is C=NCc1c(C(=O)OC)n(-c2ccccc2)c2cc(OC)ccc2c1=O. The summed E-state index contributed by atoms with van der Waals surface area (Å²) in [5.74, 6) is -0.0404. The van der Waals surface area contributed by atoms with Crippen LogP contribution in [-0.2, 0) is 11.3 Å². The Morgan fingerprint density at radius 1 is 1.15 bits per heavy atom. The van der Waals surface area contributed by atoms with Crippen LogP contribution in [-0.4, -0.2) is 31.5 Å². The van der Waals surface area contributed by atoms with Gasteiger partial charge in [-0.1, -0.05) is 18.2 Å². The van der Waals surface area contributed by atoms with Gasteiger partial charge >= 0.3 is 5.97 Å². The van der Waals surface area contributed by atoms with Crippen molar-refractivity contribution < 1.29 is 14.3 Å². The number of benzene rings is 2. The van der Waals surface area contributed by atoms with Crippen molar-refractivity contribution in [3.63, 3.8) is 0 Å². The normalized spacial score (nSPS) is 10.5. The summed E-state index contributed by atoms with van der Waals surface area (Å²) >= 11 is 0. The number of nitrogens with zero attached hydrogens (tertiary/aromatic N) is 2. The molecule has 1 aromatic heterocycles. The number of rotatable bonds is 5. The van der Waals surface area contributed by atoms with Crippen LogP contribution in [0.5, 0.6) is 5.75 Å². The molecule has 0 amide bonds. The summed E-state index contributed by atoms with van der Waals surface area (Å²) in [4.78, 5) is 29.4. The Hall–Kier alpha value is -3.41. The van der Waals surface area contributed by atoms with Crippen molar-refractivity contribution in [1.29, 1.82) is 0 Å². The van der Waals surface area contributed by atoms with E-state index in [9.17, 15) is 9.59 Å². The molecule has 0 aliphatic heterocycles. The van der Waals surface area contributed by atoms with Gasteiger partial charge in [0.1, 0.15) is 11.4 Å². The van der Waals surface area contributed by atoms with E-state index in [1.165, 1.54) is 7.11 Å². The molecule has 6 heteroatoms. The zero-order valence-electron chi connectivity index (χ0n) is 14.6. The number of carbonyl (C=O) groups is 1. The minimum absolute atomic E-state index is 0.0120. The summed E-state index contributed by atoms with van der Waals surface area (Å²) < 4.78 is 12.0. The second kappa shape index (κ2) is 7.23. The number of methoxy groups -OCH3 is 2. The molecule has 0 atom stereocenters. The number of ether oxygens (including phenoxy) is 2. The lowest BCUT2D eigenvalue weighted by atomic mass is 10.1. The maximum atomic E-state index is 13.0. The van der Waals surface area contributed by atoms with E-state index < -0.39 is 5.97 Å². The molecular weight excluding hydrogens is 332 g/mol. The first-order valence-electron chi connectivity index (χ1n) is 7.94. The van der Waals surface area contributed by atoms with Crippen molar-refractivity contribution in [3.8, 4) is 11.4 Å². The molecular formula is C20H18N2O4. The van der Waals surface area contributed by atoms with Crippen molar-refractivity contribution in [2.45, 2.75) is 6.54 Å². The summed E-state index contributed by atoms with van der Waals surface area (Å²) in [7, 11) is 2.83. The maximum Gasteiger partial charge on any atom is 0.355 e. The maximum absolute atomic E-state index is 13.0. The third-order valence-electron chi connectivity index (χ3n) is 4.14. The molecule has 0 bridgehead atoms. The molecule has 0 aliphatic rings. The van der Waals surface area contributed by atoms with Gasteiger partial charge in [0.15, 0.2) is 5.43 Å². The molecule has 0 N–H and O–H groups in total. The molecule has 0 saturated heterocycles. The Morgan fingerprint density at radius 3 is 2.50 bits per heavy atom. The molecule has 0 unspecified atom stereocenters.